The summed E-state index contributed by atoms with van der Waals surface area (Å²) in [7, 11) is 0. The minimum absolute atomic E-state index is 0.899. The van der Waals surface area contributed by atoms with E-state index in [1.54, 1.807) is 0 Å². The minimum Gasteiger partial charge on any atom is -0.295 e. The highest BCUT2D eigenvalue weighted by Gasteiger charge is 2.35. The SMILES string of the molecule is c1ccc(-n2c3ccncc3c3c2sc2[n+]3Cc3ccncc3-2)cc1. The quantitative estimate of drug-likeness (QED) is 0.424. The molecule has 0 amide bonds. The summed E-state index contributed by atoms with van der Waals surface area (Å²) in [6.45, 7) is 0.899. The molecule has 5 heterocycles. The number of nitrogens with zero attached hydrogens (tertiary/aromatic N) is 4. The highest BCUT2D eigenvalue weighted by atomic mass is 32.1. The predicted molar refractivity (Wildman–Crippen MR) is 99.0 cm³/mol. The second kappa shape index (κ2) is 4.74. The molecule has 0 bridgehead atoms. The third-order valence-corrected chi connectivity index (χ3v) is 6.10. The number of rotatable bonds is 1. The second-order valence-corrected chi connectivity index (χ2v) is 7.22. The van der Waals surface area contributed by atoms with Crippen LogP contribution in [0.2, 0.25) is 0 Å². The zero-order valence-corrected chi connectivity index (χ0v) is 14.1. The van der Waals surface area contributed by atoms with Crippen LogP contribution in [-0.2, 0) is 6.54 Å². The Morgan fingerprint density at radius 2 is 1.80 bits per heavy atom. The third-order valence-electron chi connectivity index (χ3n) is 4.89. The highest BCUT2D eigenvalue weighted by molar-refractivity contribution is 7.21. The monoisotopic (exact) mass is 341 g/mol. The summed E-state index contributed by atoms with van der Waals surface area (Å²) in [5, 5.41) is 2.48. The summed E-state index contributed by atoms with van der Waals surface area (Å²) in [5.41, 5.74) is 6.24. The van der Waals surface area contributed by atoms with E-state index in [1.807, 2.05) is 36.1 Å². The Hall–Kier alpha value is -3.05. The molecule has 0 saturated carbocycles. The van der Waals surface area contributed by atoms with Crippen LogP contribution in [0.15, 0.2) is 67.3 Å². The second-order valence-electron chi connectivity index (χ2n) is 6.24. The normalized spacial score (nSPS) is 12.6. The molecule has 0 N–H and O–H groups in total. The average molecular weight is 341 g/mol. The van der Waals surface area contributed by atoms with Gasteiger partial charge in [0.05, 0.1) is 16.5 Å². The summed E-state index contributed by atoms with van der Waals surface area (Å²) in [6.07, 6.45) is 7.71. The van der Waals surface area contributed by atoms with Crippen LogP contribution in [0.25, 0.3) is 37.5 Å². The first-order valence-electron chi connectivity index (χ1n) is 8.21. The number of hydrogen-bond acceptors (Lipinski definition) is 3. The maximum Gasteiger partial charge on any atom is 0.273 e. The first kappa shape index (κ1) is 13.3. The molecule has 0 radical (unpaired) electrons. The third kappa shape index (κ3) is 1.68. The van der Waals surface area contributed by atoms with Gasteiger partial charge in [0.15, 0.2) is 11.4 Å². The van der Waals surface area contributed by atoms with Crippen LogP contribution >= 0.6 is 11.3 Å². The van der Waals surface area contributed by atoms with Crippen LogP contribution < -0.4 is 4.57 Å². The van der Waals surface area contributed by atoms with Crippen molar-refractivity contribution in [2.75, 3.05) is 0 Å². The number of para-hydroxylation sites is 1. The zero-order chi connectivity index (χ0) is 16.4. The van der Waals surface area contributed by atoms with E-state index < -0.39 is 0 Å². The zero-order valence-electron chi connectivity index (χ0n) is 13.3. The van der Waals surface area contributed by atoms with Crippen LogP contribution in [0, 0.1) is 0 Å². The topological polar surface area (TPSA) is 34.6 Å². The first-order valence-corrected chi connectivity index (χ1v) is 9.03. The first-order chi connectivity index (χ1) is 12.4. The Kier molecular flexibility index (Phi) is 2.51. The van der Waals surface area contributed by atoms with Crippen molar-refractivity contribution in [1.82, 2.24) is 14.5 Å². The van der Waals surface area contributed by atoms with E-state index >= 15 is 0 Å². The lowest BCUT2D eigenvalue weighted by molar-refractivity contribution is -0.641. The number of benzene rings is 1. The van der Waals surface area contributed by atoms with E-state index in [9.17, 15) is 0 Å². The molecule has 1 aliphatic rings. The van der Waals surface area contributed by atoms with Crippen molar-refractivity contribution in [3.8, 4) is 16.3 Å². The van der Waals surface area contributed by atoms with E-state index in [1.165, 1.54) is 43.1 Å². The van der Waals surface area contributed by atoms with Crippen molar-refractivity contribution < 1.29 is 4.57 Å². The lowest BCUT2D eigenvalue weighted by Gasteiger charge is -2.04. The fourth-order valence-corrected chi connectivity index (χ4v) is 5.16. The summed E-state index contributed by atoms with van der Waals surface area (Å²) in [6, 6.07) is 14.8. The molecule has 0 saturated heterocycles. The number of thiazole rings is 1. The molecule has 0 unspecified atom stereocenters. The average Bonchev–Trinajstić information content (AvgIpc) is 3.29. The van der Waals surface area contributed by atoms with E-state index in [2.05, 4.69) is 61.6 Å². The van der Waals surface area contributed by atoms with Crippen molar-refractivity contribution in [3.05, 3.63) is 72.8 Å². The van der Waals surface area contributed by atoms with Gasteiger partial charge in [-0.2, -0.15) is 4.57 Å². The van der Waals surface area contributed by atoms with Crippen molar-refractivity contribution in [3.63, 3.8) is 0 Å². The summed E-state index contributed by atoms with van der Waals surface area (Å²) >= 11 is 1.83. The van der Waals surface area contributed by atoms with Gasteiger partial charge in [-0.25, -0.2) is 0 Å². The van der Waals surface area contributed by atoms with Crippen molar-refractivity contribution in [2.45, 2.75) is 6.54 Å². The molecule has 5 heteroatoms. The van der Waals surface area contributed by atoms with E-state index in [4.69, 9.17) is 0 Å². The molecule has 1 aliphatic heterocycles. The molecule has 0 fully saturated rings. The summed E-state index contributed by atoms with van der Waals surface area (Å²) < 4.78 is 4.76. The summed E-state index contributed by atoms with van der Waals surface area (Å²) in [5.74, 6) is 0. The molecular formula is C20H13N4S+. The fourth-order valence-electron chi connectivity index (χ4n) is 3.81. The maximum absolute atomic E-state index is 4.39. The maximum atomic E-state index is 4.39. The fraction of sp³-hybridized carbons (Fsp3) is 0.0500. The molecule has 1 aromatic carbocycles. The van der Waals surface area contributed by atoms with Gasteiger partial charge in [0.1, 0.15) is 0 Å². The Morgan fingerprint density at radius 3 is 2.72 bits per heavy atom. The number of aromatic nitrogens is 4. The number of fused-ring (bicyclic) bond motifs is 7. The van der Waals surface area contributed by atoms with Crippen molar-refractivity contribution in [2.24, 2.45) is 0 Å². The van der Waals surface area contributed by atoms with E-state index in [-0.39, 0.29) is 0 Å². The molecule has 0 aliphatic carbocycles. The Morgan fingerprint density at radius 1 is 0.960 bits per heavy atom. The summed E-state index contributed by atoms with van der Waals surface area (Å²) in [4.78, 5) is 9.98. The standard InChI is InChI=1S/C20H13N4S/c1-2-4-14(5-3-1)24-17-7-9-22-11-16(17)18-20(24)25-19-15-10-21-8-6-13(15)12-23(18)19/h1-11H,12H2/q+1. The van der Waals surface area contributed by atoms with Crippen molar-refractivity contribution in [1.29, 1.82) is 0 Å². The molecule has 6 rings (SSSR count). The minimum atomic E-state index is 0.899. The predicted octanol–water partition coefficient (Wildman–Crippen LogP) is 3.95. The highest BCUT2D eigenvalue weighted by Crippen LogP contribution is 2.40. The Labute approximate surface area is 147 Å². The van der Waals surface area contributed by atoms with Crippen LogP contribution in [-0.4, -0.2) is 14.5 Å². The van der Waals surface area contributed by atoms with Gasteiger partial charge < -0.3 is 0 Å². The van der Waals surface area contributed by atoms with Gasteiger partial charge in [0, 0.05) is 36.0 Å². The van der Waals surface area contributed by atoms with E-state index in [0.717, 1.165) is 6.54 Å². The van der Waals surface area contributed by atoms with E-state index in [0.29, 0.717) is 0 Å². The van der Waals surface area contributed by atoms with Crippen molar-refractivity contribution >= 4 is 32.6 Å². The molecular weight excluding hydrogens is 328 g/mol. The number of pyridine rings is 2. The van der Waals surface area contributed by atoms with Gasteiger partial charge in [0.25, 0.3) is 10.5 Å². The molecule has 118 valence electrons. The molecule has 4 aromatic heterocycles. The van der Waals surface area contributed by atoms with Gasteiger partial charge in [-0.3, -0.25) is 14.5 Å². The largest absolute Gasteiger partial charge is 0.295 e. The van der Waals surface area contributed by atoms with Crippen LogP contribution in [0.3, 0.4) is 0 Å². The smallest absolute Gasteiger partial charge is 0.273 e. The molecule has 0 spiro atoms. The van der Waals surface area contributed by atoms with Crippen LogP contribution in [0.5, 0.6) is 0 Å². The van der Waals surface area contributed by atoms with Gasteiger partial charge >= 0.3 is 0 Å². The Balaban J connectivity index is 1.78. The molecule has 4 nitrogen and oxygen atoms in total. The van der Waals surface area contributed by atoms with Gasteiger partial charge in [-0.1, -0.05) is 18.2 Å². The Bertz CT molecular complexity index is 1270. The molecule has 25 heavy (non-hydrogen) atoms. The van der Waals surface area contributed by atoms with Gasteiger partial charge in [-0.15, -0.1) is 0 Å². The van der Waals surface area contributed by atoms with Gasteiger partial charge in [-0.05, 0) is 35.6 Å². The molecule has 0 atom stereocenters. The lowest BCUT2D eigenvalue weighted by atomic mass is 10.2. The lowest BCUT2D eigenvalue weighted by Crippen LogP contribution is -2.30. The number of hydrogen-bond donors (Lipinski definition) is 0. The van der Waals surface area contributed by atoms with Crippen LogP contribution in [0.1, 0.15) is 5.56 Å². The van der Waals surface area contributed by atoms with Crippen LogP contribution in [0.4, 0.5) is 0 Å². The van der Waals surface area contributed by atoms with Gasteiger partial charge in [0.2, 0.25) is 0 Å². The molecule has 5 aromatic rings.